The molecule has 0 radical (unpaired) electrons. The Balaban J connectivity index is 2.19. The summed E-state index contributed by atoms with van der Waals surface area (Å²) in [7, 11) is 0. The number of hydrogen-bond acceptors (Lipinski definition) is 4. The number of carbonyl (C=O) groups excluding carboxylic acids is 2. The average molecular weight is 242 g/mol. The van der Waals surface area contributed by atoms with E-state index < -0.39 is 0 Å². The van der Waals surface area contributed by atoms with Crippen molar-refractivity contribution < 1.29 is 14.7 Å². The van der Waals surface area contributed by atoms with Gasteiger partial charge in [0, 0.05) is 24.1 Å². The molecule has 1 aromatic heterocycles. The van der Waals surface area contributed by atoms with Gasteiger partial charge in [-0.15, -0.1) is 0 Å². The van der Waals surface area contributed by atoms with E-state index >= 15 is 0 Å². The lowest BCUT2D eigenvalue weighted by atomic mass is 10.3. The molecule has 88 valence electrons. The summed E-state index contributed by atoms with van der Waals surface area (Å²) in [5, 5.41) is 17.1. The van der Waals surface area contributed by atoms with Crippen molar-refractivity contribution in [3.8, 4) is 0 Å². The quantitative estimate of drug-likeness (QED) is 0.613. The number of carbonyl (C=O) groups is 2. The van der Waals surface area contributed by atoms with Crippen LogP contribution in [0.3, 0.4) is 0 Å². The molecule has 1 rings (SSSR count). The summed E-state index contributed by atoms with van der Waals surface area (Å²) in [5.74, 6) is -0.504. The van der Waals surface area contributed by atoms with E-state index in [1.807, 2.05) is 0 Å². The Bertz CT molecular complexity index is 338. The third-order valence-corrected chi connectivity index (χ3v) is 2.53. The Labute approximate surface area is 97.5 Å². The van der Waals surface area contributed by atoms with Crippen molar-refractivity contribution in [1.29, 1.82) is 0 Å². The van der Waals surface area contributed by atoms with E-state index in [0.29, 0.717) is 18.5 Å². The summed E-state index contributed by atoms with van der Waals surface area (Å²) in [4.78, 5) is 22.6. The summed E-state index contributed by atoms with van der Waals surface area (Å²) in [6, 6.07) is 1.70. The highest BCUT2D eigenvalue weighted by atomic mass is 32.1. The zero-order valence-corrected chi connectivity index (χ0v) is 9.55. The Hall–Kier alpha value is -1.40. The van der Waals surface area contributed by atoms with Gasteiger partial charge in [-0.3, -0.25) is 9.59 Å². The molecular formula is C10H14N2O3S. The second kappa shape index (κ2) is 6.97. The Morgan fingerprint density at radius 3 is 2.81 bits per heavy atom. The molecule has 0 fully saturated rings. The Morgan fingerprint density at radius 1 is 1.38 bits per heavy atom. The van der Waals surface area contributed by atoms with Gasteiger partial charge in [-0.2, -0.15) is 11.3 Å². The maximum absolute atomic E-state index is 11.4. The molecule has 2 amide bonds. The third-order valence-electron chi connectivity index (χ3n) is 1.85. The Kier molecular flexibility index (Phi) is 5.52. The van der Waals surface area contributed by atoms with Crippen molar-refractivity contribution in [3.05, 3.63) is 22.4 Å². The van der Waals surface area contributed by atoms with Gasteiger partial charge in [0.15, 0.2) is 0 Å². The summed E-state index contributed by atoms with van der Waals surface area (Å²) in [6.45, 7) is 0.422. The minimum atomic E-state index is -0.253. The predicted molar refractivity (Wildman–Crippen MR) is 61.4 cm³/mol. The van der Waals surface area contributed by atoms with Crippen LogP contribution in [-0.2, 0) is 4.79 Å². The molecule has 0 aliphatic rings. The highest BCUT2D eigenvalue weighted by Gasteiger charge is 2.07. The van der Waals surface area contributed by atoms with Crippen molar-refractivity contribution in [1.82, 2.24) is 10.6 Å². The summed E-state index contributed by atoms with van der Waals surface area (Å²) >= 11 is 1.43. The molecule has 1 aromatic rings. The molecule has 0 aliphatic heterocycles. The molecule has 0 unspecified atom stereocenters. The number of aliphatic hydroxyl groups excluding tert-OH is 1. The molecule has 5 nitrogen and oxygen atoms in total. The highest BCUT2D eigenvalue weighted by molar-refractivity contribution is 7.08. The van der Waals surface area contributed by atoms with Crippen LogP contribution in [0.4, 0.5) is 0 Å². The summed E-state index contributed by atoms with van der Waals surface area (Å²) in [5.41, 5.74) is 0.563. The van der Waals surface area contributed by atoms with Gasteiger partial charge in [0.1, 0.15) is 0 Å². The van der Waals surface area contributed by atoms with E-state index in [1.165, 1.54) is 11.3 Å². The molecule has 0 saturated carbocycles. The van der Waals surface area contributed by atoms with Crippen LogP contribution in [-0.4, -0.2) is 36.6 Å². The van der Waals surface area contributed by atoms with Gasteiger partial charge in [0.05, 0.1) is 6.54 Å². The third kappa shape index (κ3) is 4.41. The fraction of sp³-hybridized carbons (Fsp3) is 0.400. The molecule has 3 N–H and O–H groups in total. The number of aliphatic hydroxyl groups is 1. The minimum absolute atomic E-state index is 0.0416. The first-order chi connectivity index (χ1) is 7.74. The van der Waals surface area contributed by atoms with Crippen LogP contribution < -0.4 is 10.6 Å². The van der Waals surface area contributed by atoms with Crippen molar-refractivity contribution in [2.45, 2.75) is 6.42 Å². The summed E-state index contributed by atoms with van der Waals surface area (Å²) < 4.78 is 0. The number of thiophene rings is 1. The van der Waals surface area contributed by atoms with Gasteiger partial charge >= 0.3 is 0 Å². The molecule has 0 spiro atoms. The van der Waals surface area contributed by atoms with Crippen molar-refractivity contribution >= 4 is 23.2 Å². The second-order valence-electron chi connectivity index (χ2n) is 3.12. The van der Waals surface area contributed by atoms with Crippen molar-refractivity contribution in [2.75, 3.05) is 19.7 Å². The van der Waals surface area contributed by atoms with Gasteiger partial charge in [-0.25, -0.2) is 0 Å². The molecule has 1 heterocycles. The van der Waals surface area contributed by atoms with E-state index in [1.54, 1.807) is 16.8 Å². The van der Waals surface area contributed by atoms with Crippen LogP contribution in [0.2, 0.25) is 0 Å². The van der Waals surface area contributed by atoms with Crippen molar-refractivity contribution in [2.24, 2.45) is 0 Å². The smallest absolute Gasteiger partial charge is 0.252 e. The summed E-state index contributed by atoms with van der Waals surface area (Å²) in [6.07, 6.45) is 0.518. The first kappa shape index (κ1) is 12.7. The van der Waals surface area contributed by atoms with Gasteiger partial charge in [0.25, 0.3) is 5.91 Å². The fourth-order valence-electron chi connectivity index (χ4n) is 1.03. The Morgan fingerprint density at radius 2 is 2.19 bits per heavy atom. The first-order valence-electron chi connectivity index (χ1n) is 4.92. The zero-order chi connectivity index (χ0) is 11.8. The largest absolute Gasteiger partial charge is 0.396 e. The van der Waals surface area contributed by atoms with Crippen LogP contribution in [0.1, 0.15) is 16.8 Å². The van der Waals surface area contributed by atoms with Crippen LogP contribution in [0, 0.1) is 0 Å². The fourth-order valence-corrected chi connectivity index (χ4v) is 1.66. The highest BCUT2D eigenvalue weighted by Crippen LogP contribution is 2.04. The maximum atomic E-state index is 11.4. The second-order valence-corrected chi connectivity index (χ2v) is 3.90. The number of hydrogen-bond donors (Lipinski definition) is 3. The van der Waals surface area contributed by atoms with Crippen LogP contribution in [0.25, 0.3) is 0 Å². The van der Waals surface area contributed by atoms with E-state index in [0.717, 1.165) is 0 Å². The van der Waals surface area contributed by atoms with Crippen LogP contribution in [0.15, 0.2) is 16.8 Å². The van der Waals surface area contributed by atoms with E-state index in [9.17, 15) is 9.59 Å². The van der Waals surface area contributed by atoms with Gasteiger partial charge in [0.2, 0.25) is 5.91 Å². The monoisotopic (exact) mass is 242 g/mol. The molecule has 16 heavy (non-hydrogen) atoms. The molecule has 0 bridgehead atoms. The van der Waals surface area contributed by atoms with Gasteiger partial charge < -0.3 is 15.7 Å². The lowest BCUT2D eigenvalue weighted by molar-refractivity contribution is -0.120. The topological polar surface area (TPSA) is 78.4 Å². The molecule has 0 aliphatic carbocycles. The molecule has 0 saturated heterocycles. The van der Waals surface area contributed by atoms with E-state index in [-0.39, 0.29) is 25.0 Å². The van der Waals surface area contributed by atoms with E-state index in [2.05, 4.69) is 10.6 Å². The average Bonchev–Trinajstić information content (AvgIpc) is 2.79. The molecule has 0 atom stereocenters. The molecule has 6 heteroatoms. The molecular weight excluding hydrogens is 228 g/mol. The SMILES string of the molecule is O=C(CNC(=O)c1ccsc1)NCCCO. The van der Waals surface area contributed by atoms with Gasteiger partial charge in [-0.1, -0.05) is 0 Å². The predicted octanol–water partition coefficient (Wildman–Crippen LogP) is -0.0235. The van der Waals surface area contributed by atoms with Crippen LogP contribution in [0.5, 0.6) is 0 Å². The normalized spacial score (nSPS) is 9.81. The molecule has 0 aromatic carbocycles. The van der Waals surface area contributed by atoms with Crippen molar-refractivity contribution in [3.63, 3.8) is 0 Å². The van der Waals surface area contributed by atoms with E-state index in [4.69, 9.17) is 5.11 Å². The lowest BCUT2D eigenvalue weighted by Crippen LogP contribution is -2.37. The zero-order valence-electron chi connectivity index (χ0n) is 8.73. The maximum Gasteiger partial charge on any atom is 0.252 e. The minimum Gasteiger partial charge on any atom is -0.396 e. The van der Waals surface area contributed by atoms with Gasteiger partial charge in [-0.05, 0) is 17.9 Å². The van der Waals surface area contributed by atoms with Crippen LogP contribution >= 0.6 is 11.3 Å². The first-order valence-corrected chi connectivity index (χ1v) is 5.86. The number of rotatable bonds is 6. The lowest BCUT2D eigenvalue weighted by Gasteiger charge is -2.05. The standard InChI is InChI=1S/C10H14N2O3S/c13-4-1-3-11-9(14)6-12-10(15)8-2-5-16-7-8/h2,5,7,13H,1,3-4,6H2,(H,11,14)(H,12,15). The number of amides is 2. The number of nitrogens with one attached hydrogen (secondary N) is 2.